The number of ether oxygens (including phenoxy) is 1. The van der Waals surface area contributed by atoms with Crippen molar-refractivity contribution in [3.8, 4) is 0 Å². The molecular weight excluding hydrogens is 222 g/mol. The Labute approximate surface area is 100 Å². The maximum Gasteiger partial charge on any atom is 0.0940 e. The zero-order valence-corrected chi connectivity index (χ0v) is 10.5. The first-order chi connectivity index (χ1) is 7.84. The highest BCUT2D eigenvalue weighted by atomic mass is 32.1. The minimum absolute atomic E-state index is 0.326. The number of hydrogen-bond acceptors (Lipinski definition) is 5. The van der Waals surface area contributed by atoms with Crippen LogP contribution < -0.4 is 10.6 Å². The van der Waals surface area contributed by atoms with Gasteiger partial charge in [-0.1, -0.05) is 0 Å². The van der Waals surface area contributed by atoms with E-state index in [-0.39, 0.29) is 0 Å². The standard InChI is InChI=1S/C11H19N3OS/c1-9-8-16-11(14-9)2-3-12-6-10-7-13-4-5-15-10/h8,10,12-13H,2-7H2,1H3. The third kappa shape index (κ3) is 3.83. The van der Waals surface area contributed by atoms with Crippen molar-refractivity contribution in [2.24, 2.45) is 0 Å². The Morgan fingerprint density at radius 1 is 1.69 bits per heavy atom. The van der Waals surface area contributed by atoms with Crippen molar-refractivity contribution in [2.75, 3.05) is 32.8 Å². The lowest BCUT2D eigenvalue weighted by molar-refractivity contribution is 0.0294. The lowest BCUT2D eigenvalue weighted by Crippen LogP contribution is -2.44. The molecule has 2 rings (SSSR count). The average Bonchev–Trinajstić information content (AvgIpc) is 2.72. The summed E-state index contributed by atoms with van der Waals surface area (Å²) in [6.45, 7) is 6.72. The Balaban J connectivity index is 1.57. The molecule has 0 bridgehead atoms. The fraction of sp³-hybridized carbons (Fsp3) is 0.727. The maximum absolute atomic E-state index is 5.60. The van der Waals surface area contributed by atoms with Gasteiger partial charge in [-0.2, -0.15) is 0 Å². The molecule has 0 spiro atoms. The van der Waals surface area contributed by atoms with Crippen LogP contribution in [0, 0.1) is 6.92 Å². The second kappa shape index (κ2) is 6.30. The molecule has 2 N–H and O–H groups in total. The Kier molecular flexibility index (Phi) is 4.71. The van der Waals surface area contributed by atoms with Gasteiger partial charge in [0.1, 0.15) is 0 Å². The van der Waals surface area contributed by atoms with Gasteiger partial charge in [0.05, 0.1) is 17.7 Å². The van der Waals surface area contributed by atoms with Gasteiger partial charge >= 0.3 is 0 Å². The Morgan fingerprint density at radius 2 is 2.62 bits per heavy atom. The average molecular weight is 241 g/mol. The molecule has 1 aliphatic heterocycles. The van der Waals surface area contributed by atoms with Crippen molar-refractivity contribution >= 4 is 11.3 Å². The fourth-order valence-electron chi connectivity index (χ4n) is 1.73. The van der Waals surface area contributed by atoms with Crippen LogP contribution in [0.3, 0.4) is 0 Å². The molecule has 0 saturated carbocycles. The van der Waals surface area contributed by atoms with E-state index in [9.17, 15) is 0 Å². The molecule has 16 heavy (non-hydrogen) atoms. The Hall–Kier alpha value is -0.490. The smallest absolute Gasteiger partial charge is 0.0940 e. The second-order valence-electron chi connectivity index (χ2n) is 4.03. The first-order valence-electron chi connectivity index (χ1n) is 5.78. The number of morpholine rings is 1. The summed E-state index contributed by atoms with van der Waals surface area (Å²) in [5.41, 5.74) is 1.12. The van der Waals surface area contributed by atoms with Crippen LogP contribution in [0.1, 0.15) is 10.7 Å². The van der Waals surface area contributed by atoms with Crippen LogP contribution in [0.15, 0.2) is 5.38 Å². The molecule has 0 amide bonds. The molecular formula is C11H19N3OS. The van der Waals surface area contributed by atoms with Crippen molar-refractivity contribution < 1.29 is 4.74 Å². The number of nitrogens with one attached hydrogen (secondary N) is 2. The molecule has 0 aliphatic carbocycles. The van der Waals surface area contributed by atoms with E-state index < -0.39 is 0 Å². The maximum atomic E-state index is 5.60. The monoisotopic (exact) mass is 241 g/mol. The van der Waals surface area contributed by atoms with E-state index in [4.69, 9.17) is 4.74 Å². The van der Waals surface area contributed by atoms with Crippen LogP contribution in [0.25, 0.3) is 0 Å². The number of aryl methyl sites for hydroxylation is 1. The van der Waals surface area contributed by atoms with Gasteiger partial charge in [0.15, 0.2) is 0 Å². The van der Waals surface area contributed by atoms with Crippen LogP contribution in [-0.4, -0.2) is 43.9 Å². The predicted molar refractivity (Wildman–Crippen MR) is 66.0 cm³/mol. The molecule has 2 heterocycles. The lowest BCUT2D eigenvalue weighted by Gasteiger charge is -2.23. The minimum atomic E-state index is 0.326. The van der Waals surface area contributed by atoms with Gasteiger partial charge in [-0.3, -0.25) is 0 Å². The predicted octanol–water partition coefficient (Wildman–Crippen LogP) is 0.572. The molecule has 90 valence electrons. The highest BCUT2D eigenvalue weighted by molar-refractivity contribution is 7.09. The highest BCUT2D eigenvalue weighted by Gasteiger charge is 2.12. The Bertz CT molecular complexity index is 310. The van der Waals surface area contributed by atoms with E-state index >= 15 is 0 Å². The van der Waals surface area contributed by atoms with Gasteiger partial charge in [0.25, 0.3) is 0 Å². The second-order valence-corrected chi connectivity index (χ2v) is 4.98. The van der Waals surface area contributed by atoms with Crippen molar-refractivity contribution in [1.29, 1.82) is 0 Å². The zero-order chi connectivity index (χ0) is 11.2. The van der Waals surface area contributed by atoms with E-state index in [0.29, 0.717) is 6.10 Å². The van der Waals surface area contributed by atoms with Crippen LogP contribution in [-0.2, 0) is 11.2 Å². The summed E-state index contributed by atoms with van der Waals surface area (Å²) < 4.78 is 5.60. The molecule has 1 unspecified atom stereocenters. The topological polar surface area (TPSA) is 46.2 Å². The summed E-state index contributed by atoms with van der Waals surface area (Å²) in [4.78, 5) is 4.43. The van der Waals surface area contributed by atoms with E-state index in [1.807, 2.05) is 6.92 Å². The van der Waals surface area contributed by atoms with Crippen molar-refractivity contribution in [3.05, 3.63) is 16.1 Å². The Morgan fingerprint density at radius 3 is 3.31 bits per heavy atom. The highest BCUT2D eigenvalue weighted by Crippen LogP contribution is 2.08. The molecule has 1 aromatic heterocycles. The first-order valence-corrected chi connectivity index (χ1v) is 6.66. The summed E-state index contributed by atoms with van der Waals surface area (Å²) in [5.74, 6) is 0. The molecule has 1 aliphatic rings. The van der Waals surface area contributed by atoms with Gasteiger partial charge in [-0.05, 0) is 6.92 Å². The summed E-state index contributed by atoms with van der Waals surface area (Å²) in [6.07, 6.45) is 1.34. The van der Waals surface area contributed by atoms with E-state index in [2.05, 4.69) is 21.0 Å². The molecule has 1 saturated heterocycles. The van der Waals surface area contributed by atoms with Gasteiger partial charge < -0.3 is 15.4 Å². The molecule has 5 heteroatoms. The number of rotatable bonds is 5. The van der Waals surface area contributed by atoms with Crippen molar-refractivity contribution in [2.45, 2.75) is 19.4 Å². The normalized spacial score (nSPS) is 21.2. The number of aromatic nitrogens is 1. The van der Waals surface area contributed by atoms with Crippen LogP contribution in [0.2, 0.25) is 0 Å². The molecule has 1 aromatic rings. The first kappa shape index (κ1) is 12.0. The van der Waals surface area contributed by atoms with Crippen molar-refractivity contribution in [1.82, 2.24) is 15.6 Å². The summed E-state index contributed by atoms with van der Waals surface area (Å²) in [6, 6.07) is 0. The molecule has 1 fully saturated rings. The van der Waals surface area contributed by atoms with E-state index in [0.717, 1.165) is 44.9 Å². The molecule has 1 atom stereocenters. The van der Waals surface area contributed by atoms with E-state index in [1.165, 1.54) is 5.01 Å². The summed E-state index contributed by atoms with van der Waals surface area (Å²) >= 11 is 1.74. The minimum Gasteiger partial charge on any atom is -0.374 e. The number of nitrogens with zero attached hydrogens (tertiary/aromatic N) is 1. The largest absolute Gasteiger partial charge is 0.374 e. The van der Waals surface area contributed by atoms with Gasteiger partial charge in [0.2, 0.25) is 0 Å². The third-order valence-corrected chi connectivity index (χ3v) is 3.59. The molecule has 0 aromatic carbocycles. The molecule has 4 nitrogen and oxygen atoms in total. The third-order valence-electron chi connectivity index (χ3n) is 2.56. The van der Waals surface area contributed by atoms with E-state index in [1.54, 1.807) is 11.3 Å². The fourth-order valence-corrected chi connectivity index (χ4v) is 2.50. The van der Waals surface area contributed by atoms with Crippen LogP contribution >= 0.6 is 11.3 Å². The SMILES string of the molecule is Cc1csc(CCNCC2CNCCO2)n1. The number of thiazole rings is 1. The van der Waals surface area contributed by atoms with Crippen LogP contribution in [0.5, 0.6) is 0 Å². The van der Waals surface area contributed by atoms with Gasteiger partial charge in [-0.15, -0.1) is 11.3 Å². The van der Waals surface area contributed by atoms with Gasteiger partial charge in [-0.25, -0.2) is 4.98 Å². The number of hydrogen-bond donors (Lipinski definition) is 2. The lowest BCUT2D eigenvalue weighted by atomic mass is 10.3. The van der Waals surface area contributed by atoms with Gasteiger partial charge in [0, 0.05) is 43.7 Å². The summed E-state index contributed by atoms with van der Waals surface area (Å²) in [7, 11) is 0. The quantitative estimate of drug-likeness (QED) is 0.740. The molecule has 0 radical (unpaired) electrons. The summed E-state index contributed by atoms with van der Waals surface area (Å²) in [5, 5.41) is 10.1. The van der Waals surface area contributed by atoms with Crippen molar-refractivity contribution in [3.63, 3.8) is 0 Å². The van der Waals surface area contributed by atoms with Crippen LogP contribution in [0.4, 0.5) is 0 Å². The zero-order valence-electron chi connectivity index (χ0n) is 9.66.